The quantitative estimate of drug-likeness (QED) is 0.754. The minimum absolute atomic E-state index is 0.507. The van der Waals surface area contributed by atoms with E-state index in [1.807, 2.05) is 41.4 Å². The molecule has 1 aliphatic rings. The molecule has 0 saturated carbocycles. The second-order valence-corrected chi connectivity index (χ2v) is 6.08. The van der Waals surface area contributed by atoms with E-state index in [0.29, 0.717) is 17.4 Å². The number of fused-ring (bicyclic) bond motifs is 1. The summed E-state index contributed by atoms with van der Waals surface area (Å²) in [5, 5.41) is 9.85. The SMILES string of the molecule is Nc1n[nH]c2c1CN(c1ccccc1Cl)C=C2c1cscn1. The Bertz CT molecular complexity index is 853. The molecule has 0 atom stereocenters. The molecule has 110 valence electrons. The minimum Gasteiger partial charge on any atom is -0.382 e. The minimum atomic E-state index is 0.507. The summed E-state index contributed by atoms with van der Waals surface area (Å²) in [6.45, 7) is 0.620. The number of para-hydroxylation sites is 1. The molecule has 1 aliphatic heterocycles. The maximum Gasteiger partial charge on any atom is 0.150 e. The summed E-state index contributed by atoms with van der Waals surface area (Å²) < 4.78 is 0. The van der Waals surface area contributed by atoms with Crippen molar-refractivity contribution < 1.29 is 0 Å². The number of halogens is 1. The van der Waals surface area contributed by atoms with Crippen molar-refractivity contribution >= 4 is 40.0 Å². The summed E-state index contributed by atoms with van der Waals surface area (Å²) >= 11 is 7.88. The van der Waals surface area contributed by atoms with Crippen LogP contribution in [0.3, 0.4) is 0 Å². The highest BCUT2D eigenvalue weighted by Crippen LogP contribution is 2.37. The Morgan fingerprint density at radius 1 is 1.32 bits per heavy atom. The van der Waals surface area contributed by atoms with Gasteiger partial charge in [-0.05, 0) is 12.1 Å². The number of H-pyrrole nitrogens is 1. The molecule has 0 saturated heterocycles. The summed E-state index contributed by atoms with van der Waals surface area (Å²) in [4.78, 5) is 6.48. The first-order valence-corrected chi connectivity index (χ1v) is 8.01. The number of nitrogens with zero attached hydrogens (tertiary/aromatic N) is 3. The summed E-state index contributed by atoms with van der Waals surface area (Å²) in [6, 6.07) is 7.74. The third-order valence-electron chi connectivity index (χ3n) is 3.65. The van der Waals surface area contributed by atoms with Crippen LogP contribution >= 0.6 is 22.9 Å². The van der Waals surface area contributed by atoms with Gasteiger partial charge in [0.1, 0.15) is 0 Å². The fourth-order valence-corrected chi connectivity index (χ4v) is 3.37. The summed E-state index contributed by atoms with van der Waals surface area (Å²) in [7, 11) is 0. The van der Waals surface area contributed by atoms with Gasteiger partial charge in [0.05, 0.1) is 34.2 Å². The molecular formula is C15H12ClN5S. The zero-order chi connectivity index (χ0) is 15.1. The van der Waals surface area contributed by atoms with Gasteiger partial charge in [0.25, 0.3) is 0 Å². The van der Waals surface area contributed by atoms with E-state index >= 15 is 0 Å². The van der Waals surface area contributed by atoms with Gasteiger partial charge in [-0.15, -0.1) is 11.3 Å². The lowest BCUT2D eigenvalue weighted by Crippen LogP contribution is -2.22. The van der Waals surface area contributed by atoms with Crippen LogP contribution < -0.4 is 10.6 Å². The number of nitrogen functional groups attached to an aromatic ring is 1. The van der Waals surface area contributed by atoms with Gasteiger partial charge >= 0.3 is 0 Å². The number of rotatable bonds is 2. The van der Waals surface area contributed by atoms with E-state index in [-0.39, 0.29) is 0 Å². The van der Waals surface area contributed by atoms with Crippen molar-refractivity contribution in [1.82, 2.24) is 15.2 Å². The van der Waals surface area contributed by atoms with Gasteiger partial charge in [-0.1, -0.05) is 23.7 Å². The monoisotopic (exact) mass is 329 g/mol. The van der Waals surface area contributed by atoms with Crippen LogP contribution in [-0.2, 0) is 6.54 Å². The van der Waals surface area contributed by atoms with Crippen LogP contribution in [0.5, 0.6) is 0 Å². The van der Waals surface area contributed by atoms with Gasteiger partial charge in [0.2, 0.25) is 0 Å². The number of benzene rings is 1. The molecule has 0 aliphatic carbocycles. The van der Waals surface area contributed by atoms with Crippen molar-refractivity contribution in [3.05, 3.63) is 63.3 Å². The number of aromatic amines is 1. The van der Waals surface area contributed by atoms with Crippen molar-refractivity contribution in [3.63, 3.8) is 0 Å². The third-order valence-corrected chi connectivity index (χ3v) is 4.56. The lowest BCUT2D eigenvalue weighted by atomic mass is 10.0. The highest BCUT2D eigenvalue weighted by Gasteiger charge is 2.25. The molecule has 1 aromatic carbocycles. The van der Waals surface area contributed by atoms with Crippen LogP contribution in [-0.4, -0.2) is 15.2 Å². The summed E-state index contributed by atoms with van der Waals surface area (Å²) in [5.41, 5.74) is 12.5. The maximum absolute atomic E-state index is 6.33. The predicted octanol–water partition coefficient (Wildman–Crippen LogP) is 3.51. The van der Waals surface area contributed by atoms with Crippen LogP contribution in [0.25, 0.3) is 5.57 Å². The average molecular weight is 330 g/mol. The second kappa shape index (κ2) is 5.15. The van der Waals surface area contributed by atoms with Gasteiger partial charge in [-0.3, -0.25) is 5.10 Å². The van der Waals surface area contributed by atoms with E-state index in [1.165, 1.54) is 0 Å². The molecular weight excluding hydrogens is 318 g/mol. The van der Waals surface area contributed by atoms with Crippen LogP contribution in [0.15, 0.2) is 41.4 Å². The first kappa shape index (κ1) is 13.4. The molecule has 4 rings (SSSR count). The predicted molar refractivity (Wildman–Crippen MR) is 89.8 cm³/mol. The topological polar surface area (TPSA) is 70.8 Å². The molecule has 3 N–H and O–H groups in total. The Morgan fingerprint density at radius 2 is 2.18 bits per heavy atom. The van der Waals surface area contributed by atoms with Crippen molar-refractivity contribution in [3.8, 4) is 0 Å². The molecule has 5 nitrogen and oxygen atoms in total. The molecule has 22 heavy (non-hydrogen) atoms. The molecule has 0 spiro atoms. The molecule has 2 aromatic heterocycles. The van der Waals surface area contributed by atoms with E-state index in [1.54, 1.807) is 11.3 Å². The van der Waals surface area contributed by atoms with E-state index in [2.05, 4.69) is 20.1 Å². The number of thiazole rings is 1. The van der Waals surface area contributed by atoms with E-state index in [9.17, 15) is 0 Å². The number of anilines is 2. The molecule has 3 heterocycles. The zero-order valence-electron chi connectivity index (χ0n) is 11.5. The Hall–Kier alpha value is -2.31. The highest BCUT2D eigenvalue weighted by molar-refractivity contribution is 7.07. The molecule has 0 fully saturated rings. The average Bonchev–Trinajstić information content (AvgIpc) is 3.18. The van der Waals surface area contributed by atoms with E-state index in [0.717, 1.165) is 28.2 Å². The van der Waals surface area contributed by atoms with Crippen molar-refractivity contribution in [1.29, 1.82) is 0 Å². The van der Waals surface area contributed by atoms with Crippen LogP contribution in [0, 0.1) is 0 Å². The fourth-order valence-electron chi connectivity index (χ4n) is 2.58. The van der Waals surface area contributed by atoms with E-state index in [4.69, 9.17) is 17.3 Å². The summed E-state index contributed by atoms with van der Waals surface area (Å²) in [6.07, 6.45) is 2.04. The standard InChI is InChI=1S/C15H12ClN5S/c16-11-3-1-2-4-13(11)21-5-9(12-7-22-8-18-12)14-10(6-21)15(17)20-19-14/h1-5,7-8H,6H2,(H3,17,19,20). The Balaban J connectivity index is 1.88. The first-order valence-electron chi connectivity index (χ1n) is 6.68. The number of hydrogen-bond acceptors (Lipinski definition) is 5. The number of nitrogens with two attached hydrogens (primary N) is 1. The van der Waals surface area contributed by atoms with Gasteiger partial charge in [-0.25, -0.2) is 4.98 Å². The lowest BCUT2D eigenvalue weighted by molar-refractivity contribution is 0.945. The Morgan fingerprint density at radius 3 is 2.95 bits per heavy atom. The number of aromatic nitrogens is 3. The number of hydrogen-bond donors (Lipinski definition) is 2. The Labute approximate surface area is 136 Å². The van der Waals surface area contributed by atoms with Crippen LogP contribution in [0.4, 0.5) is 11.5 Å². The third kappa shape index (κ3) is 2.08. The normalized spacial score (nSPS) is 13.9. The Kier molecular flexibility index (Phi) is 3.13. The van der Waals surface area contributed by atoms with Crippen LogP contribution in [0.1, 0.15) is 17.0 Å². The van der Waals surface area contributed by atoms with Crippen molar-refractivity contribution in [2.75, 3.05) is 10.6 Å². The molecule has 7 heteroatoms. The first-order chi connectivity index (χ1) is 10.7. The number of nitrogens with one attached hydrogen (secondary N) is 1. The fraction of sp³-hybridized carbons (Fsp3) is 0.0667. The zero-order valence-corrected chi connectivity index (χ0v) is 13.0. The summed E-state index contributed by atoms with van der Waals surface area (Å²) in [5.74, 6) is 0.507. The van der Waals surface area contributed by atoms with E-state index < -0.39 is 0 Å². The van der Waals surface area contributed by atoms with Crippen LogP contribution in [0.2, 0.25) is 5.02 Å². The molecule has 0 unspecified atom stereocenters. The molecule has 0 bridgehead atoms. The van der Waals surface area contributed by atoms with Gasteiger partial charge in [-0.2, -0.15) is 5.10 Å². The van der Waals surface area contributed by atoms with Crippen molar-refractivity contribution in [2.45, 2.75) is 6.54 Å². The largest absolute Gasteiger partial charge is 0.382 e. The maximum atomic E-state index is 6.33. The molecule has 0 amide bonds. The highest BCUT2D eigenvalue weighted by atomic mass is 35.5. The second-order valence-electron chi connectivity index (χ2n) is 4.96. The van der Waals surface area contributed by atoms with Gasteiger partial charge < -0.3 is 10.6 Å². The molecule has 0 radical (unpaired) electrons. The van der Waals surface area contributed by atoms with Gasteiger partial charge in [0, 0.05) is 22.7 Å². The lowest BCUT2D eigenvalue weighted by Gasteiger charge is -2.27. The van der Waals surface area contributed by atoms with Gasteiger partial charge in [0.15, 0.2) is 5.82 Å². The van der Waals surface area contributed by atoms with Crippen molar-refractivity contribution in [2.24, 2.45) is 0 Å². The smallest absolute Gasteiger partial charge is 0.150 e. The molecule has 3 aromatic rings.